The zero-order valence-electron chi connectivity index (χ0n) is 18.8. The van der Waals surface area contributed by atoms with Crippen molar-refractivity contribution in [2.75, 3.05) is 11.6 Å². The number of sulfone groups is 1. The molecular weight excluding hydrogens is 456 g/mol. The number of hydrogen-bond acceptors (Lipinski definition) is 10. The Hall–Kier alpha value is -4.19. The molecule has 0 aliphatic carbocycles. The van der Waals surface area contributed by atoms with Gasteiger partial charge in [0.05, 0.1) is 11.7 Å². The normalized spacial score (nSPS) is 11.8. The van der Waals surface area contributed by atoms with Gasteiger partial charge in [0.15, 0.2) is 5.82 Å². The molecular formula is C22H20N8O3S. The first kappa shape index (κ1) is 21.6. The lowest BCUT2D eigenvalue weighted by molar-refractivity contribution is 0.479. The van der Waals surface area contributed by atoms with Gasteiger partial charge in [-0.25, -0.2) is 33.0 Å². The van der Waals surface area contributed by atoms with Crippen LogP contribution < -0.4 is 10.1 Å². The summed E-state index contributed by atoms with van der Waals surface area (Å²) in [6, 6.07) is 9.35. The number of nitrogens with zero attached hydrogens (tertiary/aromatic N) is 7. The third-order valence-electron chi connectivity index (χ3n) is 5.49. The summed E-state index contributed by atoms with van der Waals surface area (Å²) in [4.78, 5) is 16.4. The van der Waals surface area contributed by atoms with Gasteiger partial charge in [-0.2, -0.15) is 0 Å². The fraction of sp³-hybridized carbons (Fsp3) is 0.182. The van der Waals surface area contributed by atoms with E-state index in [1.165, 1.54) is 12.5 Å². The minimum absolute atomic E-state index is 0.283. The van der Waals surface area contributed by atoms with Gasteiger partial charge in [0.2, 0.25) is 15.0 Å². The number of nitrogens with one attached hydrogen (secondary N) is 1. The summed E-state index contributed by atoms with van der Waals surface area (Å²) in [5.74, 6) is 1.73. The average molecular weight is 477 g/mol. The Labute approximate surface area is 194 Å². The molecule has 3 heterocycles. The number of benzene rings is 2. The second-order valence-corrected chi connectivity index (χ2v) is 9.74. The molecule has 172 valence electrons. The fourth-order valence-corrected chi connectivity index (χ4v) is 3.99. The minimum Gasteiger partial charge on any atom is -0.457 e. The Morgan fingerprint density at radius 2 is 1.82 bits per heavy atom. The number of hydrogen-bond donors (Lipinski definition) is 1. The highest BCUT2D eigenvalue weighted by Gasteiger charge is 2.16. The molecule has 0 aliphatic rings. The van der Waals surface area contributed by atoms with Gasteiger partial charge in [-0.05, 0) is 49.2 Å². The number of ether oxygens (including phenoxy) is 1. The maximum absolute atomic E-state index is 11.9. The number of rotatable bonds is 5. The Balaban J connectivity index is 1.47. The van der Waals surface area contributed by atoms with E-state index in [9.17, 15) is 8.42 Å². The molecule has 0 radical (unpaired) electrons. The summed E-state index contributed by atoms with van der Waals surface area (Å²) in [6.45, 7) is 3.91. The number of fused-ring (bicyclic) bond motifs is 2. The highest BCUT2D eigenvalue weighted by atomic mass is 32.2. The molecule has 0 fully saturated rings. The molecule has 0 bridgehead atoms. The van der Waals surface area contributed by atoms with E-state index in [1.807, 2.05) is 51.2 Å². The van der Waals surface area contributed by atoms with Crippen LogP contribution in [0.4, 0.5) is 11.5 Å². The van der Waals surface area contributed by atoms with E-state index in [0.29, 0.717) is 28.4 Å². The Bertz CT molecular complexity index is 1680. The highest BCUT2D eigenvalue weighted by Crippen LogP contribution is 2.33. The molecule has 12 heteroatoms. The van der Waals surface area contributed by atoms with Crippen LogP contribution in [0.15, 0.2) is 48.0 Å². The van der Waals surface area contributed by atoms with E-state index in [2.05, 4.69) is 35.6 Å². The van der Waals surface area contributed by atoms with Crippen LogP contribution in [0.5, 0.6) is 11.5 Å². The van der Waals surface area contributed by atoms with Crippen LogP contribution in [0.2, 0.25) is 0 Å². The van der Waals surface area contributed by atoms with Gasteiger partial charge in [-0.3, -0.25) is 0 Å². The van der Waals surface area contributed by atoms with E-state index in [4.69, 9.17) is 4.74 Å². The first-order chi connectivity index (χ1) is 16.2. The molecule has 0 saturated heterocycles. The summed E-state index contributed by atoms with van der Waals surface area (Å²) >= 11 is 0. The molecule has 34 heavy (non-hydrogen) atoms. The van der Waals surface area contributed by atoms with Crippen molar-refractivity contribution in [3.8, 4) is 11.5 Å². The molecule has 0 aliphatic heterocycles. The lowest BCUT2D eigenvalue weighted by atomic mass is 10.1. The topological polar surface area (TPSA) is 138 Å². The number of aromatic nitrogens is 7. The van der Waals surface area contributed by atoms with Crippen LogP contribution >= 0.6 is 0 Å². The van der Waals surface area contributed by atoms with Crippen molar-refractivity contribution in [3.63, 3.8) is 0 Å². The molecule has 1 N–H and O–H groups in total. The van der Waals surface area contributed by atoms with Crippen molar-refractivity contribution in [1.82, 2.24) is 34.9 Å². The third-order valence-corrected chi connectivity index (χ3v) is 6.35. The van der Waals surface area contributed by atoms with Crippen LogP contribution in [-0.2, 0) is 16.9 Å². The smallest absolute Gasteiger partial charge is 0.247 e. The van der Waals surface area contributed by atoms with Gasteiger partial charge in [0, 0.05) is 25.1 Å². The molecule has 11 nitrogen and oxygen atoms in total. The molecule has 0 amide bonds. The molecule has 0 unspecified atom stereocenters. The highest BCUT2D eigenvalue weighted by molar-refractivity contribution is 7.90. The summed E-state index contributed by atoms with van der Waals surface area (Å²) in [7, 11) is -1.74. The average Bonchev–Trinajstić information content (AvgIpc) is 3.18. The molecule has 0 saturated carbocycles. The minimum atomic E-state index is -3.58. The van der Waals surface area contributed by atoms with E-state index < -0.39 is 9.84 Å². The van der Waals surface area contributed by atoms with E-state index in [0.717, 1.165) is 34.1 Å². The lowest BCUT2D eigenvalue weighted by Crippen LogP contribution is -2.06. The van der Waals surface area contributed by atoms with Crippen LogP contribution in [0, 0.1) is 13.8 Å². The molecule has 3 aromatic heterocycles. The summed E-state index contributed by atoms with van der Waals surface area (Å²) in [5.41, 5.74) is 5.04. The zero-order chi connectivity index (χ0) is 24.0. The SMILES string of the molecule is Cc1c(Nc2ncnc3cnc(S(C)(=O)=O)nc23)ccc(Oc2ccc3c(c2)nnn3C)c1C. The van der Waals surface area contributed by atoms with Gasteiger partial charge in [-0.1, -0.05) is 5.21 Å². The molecule has 5 rings (SSSR count). The summed E-state index contributed by atoms with van der Waals surface area (Å²) in [6.07, 6.45) is 3.80. The van der Waals surface area contributed by atoms with Crippen LogP contribution in [0.1, 0.15) is 11.1 Å². The molecule has 0 atom stereocenters. The maximum atomic E-state index is 11.9. The zero-order valence-corrected chi connectivity index (χ0v) is 19.6. The maximum Gasteiger partial charge on any atom is 0.247 e. The largest absolute Gasteiger partial charge is 0.457 e. The van der Waals surface area contributed by atoms with Gasteiger partial charge >= 0.3 is 0 Å². The van der Waals surface area contributed by atoms with Crippen molar-refractivity contribution in [2.45, 2.75) is 19.0 Å². The van der Waals surface area contributed by atoms with Crippen LogP contribution in [0.3, 0.4) is 0 Å². The van der Waals surface area contributed by atoms with Crippen LogP contribution in [-0.4, -0.2) is 49.6 Å². The first-order valence-electron chi connectivity index (χ1n) is 10.2. The summed E-state index contributed by atoms with van der Waals surface area (Å²) in [5, 5.41) is 11.1. The van der Waals surface area contributed by atoms with E-state index >= 15 is 0 Å². The second kappa shape index (κ2) is 7.99. The predicted molar refractivity (Wildman–Crippen MR) is 126 cm³/mol. The van der Waals surface area contributed by atoms with E-state index in [-0.39, 0.29) is 5.16 Å². The van der Waals surface area contributed by atoms with Crippen molar-refractivity contribution < 1.29 is 13.2 Å². The Morgan fingerprint density at radius 1 is 1.00 bits per heavy atom. The third kappa shape index (κ3) is 3.88. The van der Waals surface area contributed by atoms with Gasteiger partial charge in [-0.15, -0.1) is 5.10 Å². The van der Waals surface area contributed by atoms with Crippen molar-refractivity contribution >= 4 is 43.4 Å². The standard InChI is InChI=1S/C22H20N8O3S/c1-12-13(2)19(33-14-5-7-18-16(9-14)28-29-30(18)3)8-6-15(12)26-21-20-17(24-11-25-21)10-23-22(27-20)34(4,31)32/h5-11H,1-4H3,(H,24,25,26). The number of anilines is 2. The Morgan fingerprint density at radius 3 is 2.62 bits per heavy atom. The van der Waals surface area contributed by atoms with Gasteiger partial charge < -0.3 is 10.1 Å². The Kier molecular flexibility index (Phi) is 5.09. The van der Waals surface area contributed by atoms with Crippen molar-refractivity contribution in [1.29, 1.82) is 0 Å². The van der Waals surface area contributed by atoms with Crippen molar-refractivity contribution in [2.24, 2.45) is 7.05 Å². The van der Waals surface area contributed by atoms with Gasteiger partial charge in [0.25, 0.3) is 0 Å². The quantitative estimate of drug-likeness (QED) is 0.376. The predicted octanol–water partition coefficient (Wildman–Crippen LogP) is 3.26. The molecule has 2 aromatic carbocycles. The van der Waals surface area contributed by atoms with Crippen LogP contribution in [0.25, 0.3) is 22.1 Å². The summed E-state index contributed by atoms with van der Waals surface area (Å²) < 4.78 is 31.6. The second-order valence-electron chi connectivity index (χ2n) is 7.83. The molecule has 5 aromatic rings. The van der Waals surface area contributed by atoms with Crippen molar-refractivity contribution in [3.05, 3.63) is 54.0 Å². The van der Waals surface area contributed by atoms with Gasteiger partial charge in [0.1, 0.15) is 34.4 Å². The lowest BCUT2D eigenvalue weighted by Gasteiger charge is -2.16. The number of aryl methyl sites for hydroxylation is 1. The monoisotopic (exact) mass is 476 g/mol. The first-order valence-corrected chi connectivity index (χ1v) is 12.1. The fourth-order valence-electron chi connectivity index (χ4n) is 3.49. The molecule has 0 spiro atoms. The van der Waals surface area contributed by atoms with E-state index in [1.54, 1.807) is 4.68 Å².